The van der Waals surface area contributed by atoms with Crippen molar-refractivity contribution in [1.29, 1.82) is 0 Å². The second-order valence-electron chi connectivity index (χ2n) is 5.77. The summed E-state index contributed by atoms with van der Waals surface area (Å²) in [6, 6.07) is 7.37. The highest BCUT2D eigenvalue weighted by atomic mass is 79.9. The molecule has 0 saturated heterocycles. The Morgan fingerprint density at radius 3 is 2.88 bits per heavy atom. The number of likely N-dealkylation sites (N-methyl/N-ethyl adjacent to an activating group) is 1. The van der Waals surface area contributed by atoms with Gasteiger partial charge in [0, 0.05) is 22.6 Å². The number of benzene rings is 1. The van der Waals surface area contributed by atoms with Gasteiger partial charge in [0.05, 0.1) is 18.4 Å². The first-order chi connectivity index (χ1) is 12.1. The van der Waals surface area contributed by atoms with Crippen LogP contribution in [0.15, 0.2) is 45.5 Å². The van der Waals surface area contributed by atoms with Crippen molar-refractivity contribution in [3.63, 3.8) is 0 Å². The topological polar surface area (TPSA) is 63.3 Å². The van der Waals surface area contributed by atoms with Gasteiger partial charge in [-0.2, -0.15) is 5.10 Å². The van der Waals surface area contributed by atoms with E-state index in [0.717, 1.165) is 36.0 Å². The maximum atomic E-state index is 12.4. The molecule has 1 amide bonds. The molecule has 0 aliphatic carbocycles. The molecule has 0 unspecified atom stereocenters. The summed E-state index contributed by atoms with van der Waals surface area (Å²) in [6.45, 7) is 8.04. The van der Waals surface area contributed by atoms with Crippen molar-refractivity contribution < 1.29 is 9.21 Å². The maximum absolute atomic E-state index is 12.4. The Bertz CT molecular complexity index is 867. The standard InChI is InChI=1S/C18H21BrN4O2/c1-3-22(4-2)7-8-23-12-15(11-20-23)21-18(24)17-10-13-9-14(19)5-6-16(13)25-17/h5-6,9-12H,3-4,7-8H2,1-2H3,(H,21,24). The number of nitrogens with zero attached hydrogens (tertiary/aromatic N) is 3. The molecule has 2 aromatic heterocycles. The number of furan rings is 1. The van der Waals surface area contributed by atoms with E-state index in [0.29, 0.717) is 11.3 Å². The number of carbonyl (C=O) groups is 1. The van der Waals surface area contributed by atoms with Crippen LogP contribution in [0.4, 0.5) is 5.69 Å². The Kier molecular flexibility index (Phi) is 5.55. The molecule has 0 aliphatic heterocycles. The summed E-state index contributed by atoms with van der Waals surface area (Å²) in [7, 11) is 0. The van der Waals surface area contributed by atoms with E-state index >= 15 is 0 Å². The number of carbonyl (C=O) groups excluding carboxylic acids is 1. The fourth-order valence-corrected chi connectivity index (χ4v) is 3.03. The molecule has 1 aromatic carbocycles. The molecule has 132 valence electrons. The third-order valence-electron chi connectivity index (χ3n) is 4.13. The number of hydrogen-bond donors (Lipinski definition) is 1. The molecule has 2 heterocycles. The van der Waals surface area contributed by atoms with Crippen molar-refractivity contribution in [2.75, 3.05) is 25.0 Å². The molecule has 3 aromatic rings. The molecule has 25 heavy (non-hydrogen) atoms. The van der Waals surface area contributed by atoms with Gasteiger partial charge >= 0.3 is 0 Å². The monoisotopic (exact) mass is 404 g/mol. The zero-order valence-electron chi connectivity index (χ0n) is 14.3. The first kappa shape index (κ1) is 17.7. The number of halogens is 1. The molecule has 0 bridgehead atoms. The molecular weight excluding hydrogens is 384 g/mol. The maximum Gasteiger partial charge on any atom is 0.291 e. The minimum absolute atomic E-state index is 0.281. The van der Waals surface area contributed by atoms with E-state index < -0.39 is 0 Å². The molecule has 3 rings (SSSR count). The van der Waals surface area contributed by atoms with Crippen LogP contribution in [0.25, 0.3) is 11.0 Å². The number of hydrogen-bond acceptors (Lipinski definition) is 4. The quantitative estimate of drug-likeness (QED) is 0.646. The van der Waals surface area contributed by atoms with Crippen LogP contribution >= 0.6 is 15.9 Å². The first-order valence-electron chi connectivity index (χ1n) is 8.34. The summed E-state index contributed by atoms with van der Waals surface area (Å²) in [5, 5.41) is 8.01. The van der Waals surface area contributed by atoms with Crippen molar-refractivity contribution in [2.45, 2.75) is 20.4 Å². The van der Waals surface area contributed by atoms with Crippen molar-refractivity contribution >= 4 is 38.5 Å². The Morgan fingerprint density at radius 1 is 1.32 bits per heavy atom. The van der Waals surface area contributed by atoms with Gasteiger partial charge in [-0.3, -0.25) is 9.48 Å². The molecule has 0 fully saturated rings. The smallest absolute Gasteiger partial charge is 0.291 e. The predicted octanol–water partition coefficient (Wildman–Crippen LogP) is 3.99. The molecule has 6 nitrogen and oxygen atoms in total. The lowest BCUT2D eigenvalue weighted by atomic mass is 10.2. The van der Waals surface area contributed by atoms with E-state index in [2.05, 4.69) is 45.1 Å². The number of amides is 1. The summed E-state index contributed by atoms with van der Waals surface area (Å²) >= 11 is 3.41. The molecule has 0 atom stereocenters. The predicted molar refractivity (Wildman–Crippen MR) is 102 cm³/mol. The Labute approximate surface area is 154 Å². The zero-order chi connectivity index (χ0) is 17.8. The van der Waals surface area contributed by atoms with Crippen LogP contribution < -0.4 is 5.32 Å². The van der Waals surface area contributed by atoms with E-state index in [4.69, 9.17) is 4.42 Å². The molecule has 1 N–H and O–H groups in total. The van der Waals surface area contributed by atoms with Gasteiger partial charge in [0.2, 0.25) is 0 Å². The third-order valence-corrected chi connectivity index (χ3v) is 4.63. The average Bonchev–Trinajstić information content (AvgIpc) is 3.22. The fourth-order valence-electron chi connectivity index (χ4n) is 2.65. The van der Waals surface area contributed by atoms with Gasteiger partial charge in [-0.05, 0) is 37.4 Å². The van der Waals surface area contributed by atoms with E-state index in [1.165, 1.54) is 0 Å². The van der Waals surface area contributed by atoms with Gasteiger partial charge in [0.25, 0.3) is 5.91 Å². The first-order valence-corrected chi connectivity index (χ1v) is 9.13. The van der Waals surface area contributed by atoms with Crippen molar-refractivity contribution in [3.05, 3.63) is 46.9 Å². The summed E-state index contributed by atoms with van der Waals surface area (Å²) in [4.78, 5) is 14.7. The van der Waals surface area contributed by atoms with Crippen LogP contribution in [0.1, 0.15) is 24.4 Å². The van der Waals surface area contributed by atoms with Crippen LogP contribution in [-0.4, -0.2) is 40.2 Å². The van der Waals surface area contributed by atoms with Gasteiger partial charge in [0.15, 0.2) is 5.76 Å². The summed E-state index contributed by atoms with van der Waals surface area (Å²) in [5.74, 6) is -0.000364. The van der Waals surface area contributed by atoms with Crippen LogP contribution in [0.5, 0.6) is 0 Å². The molecule has 0 radical (unpaired) electrons. The highest BCUT2D eigenvalue weighted by Crippen LogP contribution is 2.23. The normalized spacial score (nSPS) is 11.4. The Morgan fingerprint density at radius 2 is 2.12 bits per heavy atom. The SMILES string of the molecule is CCN(CC)CCn1cc(NC(=O)c2cc3cc(Br)ccc3o2)cn1. The minimum Gasteiger partial charge on any atom is -0.451 e. The van der Waals surface area contributed by atoms with E-state index in [-0.39, 0.29) is 11.7 Å². The number of anilines is 1. The lowest BCUT2D eigenvalue weighted by Gasteiger charge is -2.17. The van der Waals surface area contributed by atoms with Gasteiger partial charge in [-0.25, -0.2) is 0 Å². The van der Waals surface area contributed by atoms with E-state index in [1.54, 1.807) is 12.3 Å². The average molecular weight is 405 g/mol. The number of rotatable bonds is 7. The van der Waals surface area contributed by atoms with Crippen LogP contribution in [0.2, 0.25) is 0 Å². The molecule has 0 spiro atoms. The summed E-state index contributed by atoms with van der Waals surface area (Å²) in [5.41, 5.74) is 1.34. The van der Waals surface area contributed by atoms with E-state index in [9.17, 15) is 4.79 Å². The number of aromatic nitrogens is 2. The Balaban J connectivity index is 1.64. The summed E-state index contributed by atoms with van der Waals surface area (Å²) in [6.07, 6.45) is 3.49. The number of nitrogens with one attached hydrogen (secondary N) is 1. The molecule has 7 heteroatoms. The van der Waals surface area contributed by atoms with Gasteiger partial charge in [0.1, 0.15) is 5.58 Å². The lowest BCUT2D eigenvalue weighted by molar-refractivity contribution is 0.0998. The third kappa shape index (κ3) is 4.29. The zero-order valence-corrected chi connectivity index (χ0v) is 15.9. The molecule has 0 saturated carbocycles. The van der Waals surface area contributed by atoms with Crippen molar-refractivity contribution in [3.8, 4) is 0 Å². The lowest BCUT2D eigenvalue weighted by Crippen LogP contribution is -2.27. The number of fused-ring (bicyclic) bond motifs is 1. The minimum atomic E-state index is -0.282. The van der Waals surface area contributed by atoms with Crippen LogP contribution in [-0.2, 0) is 6.54 Å². The molecular formula is C18H21BrN4O2. The fraction of sp³-hybridized carbons (Fsp3) is 0.333. The second-order valence-corrected chi connectivity index (χ2v) is 6.68. The van der Waals surface area contributed by atoms with Crippen LogP contribution in [0.3, 0.4) is 0 Å². The van der Waals surface area contributed by atoms with E-state index in [1.807, 2.05) is 29.1 Å². The molecule has 0 aliphatic rings. The van der Waals surface area contributed by atoms with Gasteiger partial charge < -0.3 is 14.6 Å². The highest BCUT2D eigenvalue weighted by molar-refractivity contribution is 9.10. The van der Waals surface area contributed by atoms with Crippen molar-refractivity contribution in [2.24, 2.45) is 0 Å². The second kappa shape index (κ2) is 7.84. The van der Waals surface area contributed by atoms with Gasteiger partial charge in [-0.1, -0.05) is 29.8 Å². The summed E-state index contributed by atoms with van der Waals surface area (Å²) < 4.78 is 8.39. The largest absolute Gasteiger partial charge is 0.451 e. The van der Waals surface area contributed by atoms with Gasteiger partial charge in [-0.15, -0.1) is 0 Å². The Hall–Kier alpha value is -2.12. The highest BCUT2D eigenvalue weighted by Gasteiger charge is 2.13. The van der Waals surface area contributed by atoms with Crippen LogP contribution in [0, 0.1) is 0 Å². The van der Waals surface area contributed by atoms with Crippen molar-refractivity contribution in [1.82, 2.24) is 14.7 Å².